The molecule has 0 saturated carbocycles. The van der Waals surface area contributed by atoms with E-state index in [-0.39, 0.29) is 5.78 Å². The van der Waals surface area contributed by atoms with Gasteiger partial charge in [0.25, 0.3) is 0 Å². The number of nitrogens with one attached hydrogen (secondary N) is 2. The van der Waals surface area contributed by atoms with Gasteiger partial charge in [0.15, 0.2) is 5.78 Å². The van der Waals surface area contributed by atoms with Gasteiger partial charge in [0.1, 0.15) is 17.8 Å². The predicted octanol–water partition coefficient (Wildman–Crippen LogP) is 3.86. The van der Waals surface area contributed by atoms with Gasteiger partial charge in [0, 0.05) is 31.4 Å². The molecular formula is C22H27N5O. The summed E-state index contributed by atoms with van der Waals surface area (Å²) in [6, 6.07) is 8.32. The number of aromatic nitrogens is 3. The van der Waals surface area contributed by atoms with Crippen molar-refractivity contribution in [3.05, 3.63) is 47.9 Å². The highest BCUT2D eigenvalue weighted by Crippen LogP contribution is 2.28. The number of aromatic amines is 1. The molecule has 1 aliphatic heterocycles. The van der Waals surface area contributed by atoms with Crippen molar-refractivity contribution >= 4 is 28.3 Å². The van der Waals surface area contributed by atoms with Crippen LogP contribution in [-0.2, 0) is 4.79 Å². The number of ketones is 1. The molecule has 6 nitrogen and oxygen atoms in total. The van der Waals surface area contributed by atoms with Gasteiger partial charge in [-0.1, -0.05) is 6.07 Å². The molecule has 0 radical (unpaired) electrons. The lowest BCUT2D eigenvalue weighted by Gasteiger charge is -2.33. The van der Waals surface area contributed by atoms with E-state index in [1.54, 1.807) is 6.33 Å². The lowest BCUT2D eigenvalue weighted by Crippen LogP contribution is -2.37. The van der Waals surface area contributed by atoms with Crippen molar-refractivity contribution in [3.8, 4) is 0 Å². The SMILES string of the molecule is Cc1cc(C)cc(NCC(=O)C[C@@H]2CCCN(c3ncnc4[nH]ccc34)C2)c1. The van der Waals surface area contributed by atoms with Gasteiger partial charge in [0.05, 0.1) is 11.9 Å². The molecule has 0 spiro atoms. The number of hydrogen-bond acceptors (Lipinski definition) is 5. The highest BCUT2D eigenvalue weighted by Gasteiger charge is 2.24. The molecule has 4 rings (SSSR count). The third-order valence-corrected chi connectivity index (χ3v) is 5.38. The Labute approximate surface area is 165 Å². The second kappa shape index (κ2) is 8.00. The summed E-state index contributed by atoms with van der Waals surface area (Å²) in [4.78, 5) is 26.8. The van der Waals surface area contributed by atoms with Crippen molar-refractivity contribution in [2.75, 3.05) is 29.9 Å². The highest BCUT2D eigenvalue weighted by atomic mass is 16.1. The minimum atomic E-state index is 0.264. The molecule has 0 unspecified atom stereocenters. The van der Waals surface area contributed by atoms with Crippen LogP contribution in [0.1, 0.15) is 30.4 Å². The molecule has 1 atom stereocenters. The highest BCUT2D eigenvalue weighted by molar-refractivity contribution is 5.87. The normalized spacial score (nSPS) is 17.1. The smallest absolute Gasteiger partial charge is 0.152 e. The van der Waals surface area contributed by atoms with Gasteiger partial charge < -0.3 is 15.2 Å². The monoisotopic (exact) mass is 377 g/mol. The van der Waals surface area contributed by atoms with Crippen molar-refractivity contribution in [1.29, 1.82) is 0 Å². The van der Waals surface area contributed by atoms with E-state index in [0.29, 0.717) is 18.9 Å². The Kier molecular flexibility index (Phi) is 5.28. The fourth-order valence-electron chi connectivity index (χ4n) is 4.21. The van der Waals surface area contributed by atoms with E-state index >= 15 is 0 Å². The quantitative estimate of drug-likeness (QED) is 0.682. The molecule has 28 heavy (non-hydrogen) atoms. The second-order valence-corrected chi connectivity index (χ2v) is 7.86. The van der Waals surface area contributed by atoms with Crippen molar-refractivity contribution in [3.63, 3.8) is 0 Å². The molecule has 1 aromatic carbocycles. The third-order valence-electron chi connectivity index (χ3n) is 5.38. The third kappa shape index (κ3) is 4.16. The van der Waals surface area contributed by atoms with E-state index in [4.69, 9.17) is 0 Å². The van der Waals surface area contributed by atoms with Gasteiger partial charge in [-0.3, -0.25) is 4.79 Å². The first-order valence-electron chi connectivity index (χ1n) is 9.95. The number of H-pyrrole nitrogens is 1. The van der Waals surface area contributed by atoms with Gasteiger partial charge in [-0.25, -0.2) is 9.97 Å². The maximum Gasteiger partial charge on any atom is 0.152 e. The fraction of sp³-hybridized carbons (Fsp3) is 0.409. The number of piperidine rings is 1. The van der Waals surface area contributed by atoms with Gasteiger partial charge in [-0.15, -0.1) is 0 Å². The zero-order valence-corrected chi connectivity index (χ0v) is 16.5. The average molecular weight is 377 g/mol. The Hall–Kier alpha value is -2.89. The first kappa shape index (κ1) is 18.5. The summed E-state index contributed by atoms with van der Waals surface area (Å²) in [6.45, 7) is 6.38. The van der Waals surface area contributed by atoms with Crippen LogP contribution in [0, 0.1) is 19.8 Å². The molecule has 0 aliphatic carbocycles. The summed E-state index contributed by atoms with van der Waals surface area (Å²) in [5.41, 5.74) is 4.30. The zero-order chi connectivity index (χ0) is 19.5. The minimum Gasteiger partial charge on any atom is -0.378 e. The molecule has 0 amide bonds. The van der Waals surface area contributed by atoms with Crippen LogP contribution in [0.5, 0.6) is 0 Å². The second-order valence-electron chi connectivity index (χ2n) is 7.86. The summed E-state index contributed by atoms with van der Waals surface area (Å²) in [5, 5.41) is 4.34. The van der Waals surface area contributed by atoms with Gasteiger partial charge in [-0.2, -0.15) is 0 Å². The van der Waals surface area contributed by atoms with Gasteiger partial charge in [0.2, 0.25) is 0 Å². The van der Waals surface area contributed by atoms with E-state index in [1.165, 1.54) is 11.1 Å². The molecule has 1 aliphatic rings. The maximum atomic E-state index is 12.6. The molecule has 146 valence electrons. The number of hydrogen-bond donors (Lipinski definition) is 2. The summed E-state index contributed by atoms with van der Waals surface area (Å²) in [7, 11) is 0. The summed E-state index contributed by atoms with van der Waals surface area (Å²) in [6.07, 6.45) is 6.28. The Morgan fingerprint density at radius 3 is 2.89 bits per heavy atom. The lowest BCUT2D eigenvalue weighted by molar-refractivity contribution is -0.118. The van der Waals surface area contributed by atoms with Crippen LogP contribution in [0.2, 0.25) is 0 Å². The average Bonchev–Trinajstić information content (AvgIpc) is 3.15. The number of benzene rings is 1. The number of Topliss-reactive ketones (excluding diaryl/α,β-unsaturated/α-hetero) is 1. The molecular weight excluding hydrogens is 350 g/mol. The number of nitrogens with zero attached hydrogens (tertiary/aromatic N) is 3. The van der Waals surface area contributed by atoms with Crippen LogP contribution in [0.15, 0.2) is 36.8 Å². The molecule has 0 bridgehead atoms. The van der Waals surface area contributed by atoms with Crippen LogP contribution < -0.4 is 10.2 Å². The number of carbonyl (C=O) groups is 1. The summed E-state index contributed by atoms with van der Waals surface area (Å²) >= 11 is 0. The van der Waals surface area contributed by atoms with Crippen LogP contribution in [0.3, 0.4) is 0 Å². The topological polar surface area (TPSA) is 73.9 Å². The Morgan fingerprint density at radius 2 is 2.07 bits per heavy atom. The van der Waals surface area contributed by atoms with Crippen molar-refractivity contribution in [2.45, 2.75) is 33.1 Å². The maximum absolute atomic E-state index is 12.6. The van der Waals surface area contributed by atoms with Gasteiger partial charge >= 0.3 is 0 Å². The number of rotatable bonds is 6. The van der Waals surface area contributed by atoms with E-state index in [9.17, 15) is 4.79 Å². The number of fused-ring (bicyclic) bond motifs is 1. The van der Waals surface area contributed by atoms with E-state index in [2.05, 4.69) is 57.2 Å². The van der Waals surface area contributed by atoms with Gasteiger partial charge in [-0.05, 0) is 61.9 Å². The van der Waals surface area contributed by atoms with Crippen molar-refractivity contribution in [2.24, 2.45) is 5.92 Å². The predicted molar refractivity (Wildman–Crippen MR) is 113 cm³/mol. The van der Waals surface area contributed by atoms with Crippen LogP contribution >= 0.6 is 0 Å². The molecule has 1 fully saturated rings. The van der Waals surface area contributed by atoms with E-state index in [0.717, 1.165) is 48.5 Å². The minimum absolute atomic E-state index is 0.264. The Bertz CT molecular complexity index is 960. The number of carbonyl (C=O) groups excluding carboxylic acids is 1. The standard InChI is InChI=1S/C22H27N5O/c1-15-8-16(2)10-18(9-15)24-12-19(28)11-17-4-3-7-27(13-17)22-20-5-6-23-21(20)25-14-26-22/h5-6,8-10,14,17,24H,3-4,7,11-13H2,1-2H3,(H,23,25,26)/t17-/m0/s1. The molecule has 2 aromatic heterocycles. The molecule has 6 heteroatoms. The Morgan fingerprint density at radius 1 is 1.25 bits per heavy atom. The van der Waals surface area contributed by atoms with Crippen LogP contribution in [0.4, 0.5) is 11.5 Å². The van der Waals surface area contributed by atoms with Crippen LogP contribution in [-0.4, -0.2) is 40.4 Å². The number of anilines is 2. The Balaban J connectivity index is 1.36. The largest absolute Gasteiger partial charge is 0.378 e. The molecule has 3 aromatic rings. The zero-order valence-electron chi connectivity index (χ0n) is 16.5. The lowest BCUT2D eigenvalue weighted by atomic mass is 9.92. The molecule has 3 heterocycles. The first-order valence-corrected chi connectivity index (χ1v) is 9.95. The van der Waals surface area contributed by atoms with Crippen LogP contribution in [0.25, 0.3) is 11.0 Å². The summed E-state index contributed by atoms with van der Waals surface area (Å²) < 4.78 is 0. The van der Waals surface area contributed by atoms with E-state index < -0.39 is 0 Å². The fourth-order valence-corrected chi connectivity index (χ4v) is 4.21. The van der Waals surface area contributed by atoms with Crippen molar-refractivity contribution in [1.82, 2.24) is 15.0 Å². The molecule has 1 saturated heterocycles. The van der Waals surface area contributed by atoms with Crippen molar-refractivity contribution < 1.29 is 4.79 Å². The first-order chi connectivity index (χ1) is 13.6. The summed E-state index contributed by atoms with van der Waals surface area (Å²) in [5.74, 6) is 1.60. The number of aryl methyl sites for hydroxylation is 2. The molecule has 2 N–H and O–H groups in total. The van der Waals surface area contributed by atoms with E-state index in [1.807, 2.05) is 12.3 Å².